The number of para-hydroxylation sites is 1. The van der Waals surface area contributed by atoms with Gasteiger partial charge in [-0.05, 0) is 12.1 Å². The lowest BCUT2D eigenvalue weighted by Gasteiger charge is -2.08. The van der Waals surface area contributed by atoms with Crippen LogP contribution in [-0.4, -0.2) is 20.1 Å². The molecular formula is C9H12N2O3. The Morgan fingerprint density at radius 1 is 1.43 bits per heavy atom. The van der Waals surface area contributed by atoms with Crippen LogP contribution in [-0.2, 0) is 4.84 Å². The van der Waals surface area contributed by atoms with Gasteiger partial charge in [0.2, 0.25) is 0 Å². The zero-order valence-electron chi connectivity index (χ0n) is 8.03. The summed E-state index contributed by atoms with van der Waals surface area (Å²) >= 11 is 0. The minimum Gasteiger partial charge on any atom is -0.495 e. The summed E-state index contributed by atoms with van der Waals surface area (Å²) < 4.78 is 4.97. The number of rotatable bonds is 3. The maximum absolute atomic E-state index is 11.4. The molecule has 0 fully saturated rings. The maximum Gasteiger partial charge on any atom is 0.277 e. The number of ether oxygens (including phenoxy) is 1. The summed E-state index contributed by atoms with van der Waals surface area (Å²) in [6, 6.07) is 4.95. The van der Waals surface area contributed by atoms with E-state index in [1.165, 1.54) is 14.2 Å². The van der Waals surface area contributed by atoms with Crippen LogP contribution in [0.2, 0.25) is 0 Å². The van der Waals surface area contributed by atoms with Gasteiger partial charge in [0.15, 0.2) is 0 Å². The number of nitrogens with two attached hydrogens (primary N) is 1. The first-order valence-corrected chi connectivity index (χ1v) is 3.96. The van der Waals surface area contributed by atoms with Gasteiger partial charge < -0.3 is 10.5 Å². The fraction of sp³-hybridized carbons (Fsp3) is 0.222. The summed E-state index contributed by atoms with van der Waals surface area (Å²) in [5, 5.41) is 0. The molecule has 0 heterocycles. The minimum atomic E-state index is -0.399. The predicted octanol–water partition coefficient (Wildman–Crippen LogP) is 0.569. The van der Waals surface area contributed by atoms with E-state index in [1.807, 2.05) is 0 Å². The zero-order chi connectivity index (χ0) is 10.6. The SMILES string of the molecule is CONC(=O)c1cccc(OC)c1N. The Balaban J connectivity index is 3.03. The highest BCUT2D eigenvalue weighted by Crippen LogP contribution is 2.24. The van der Waals surface area contributed by atoms with Crippen LogP contribution in [0.4, 0.5) is 5.69 Å². The van der Waals surface area contributed by atoms with Crippen molar-refractivity contribution in [3.05, 3.63) is 23.8 Å². The summed E-state index contributed by atoms with van der Waals surface area (Å²) in [4.78, 5) is 15.9. The Kier molecular flexibility index (Phi) is 3.30. The number of hydroxylamine groups is 1. The molecule has 1 rings (SSSR count). The van der Waals surface area contributed by atoms with Crippen LogP contribution in [0.5, 0.6) is 5.75 Å². The molecule has 0 bridgehead atoms. The fourth-order valence-corrected chi connectivity index (χ4v) is 1.07. The third-order valence-corrected chi connectivity index (χ3v) is 1.73. The second-order valence-corrected chi connectivity index (χ2v) is 2.56. The molecule has 0 aliphatic carbocycles. The number of hydrogen-bond acceptors (Lipinski definition) is 4. The third kappa shape index (κ3) is 1.94. The van der Waals surface area contributed by atoms with E-state index in [4.69, 9.17) is 10.5 Å². The van der Waals surface area contributed by atoms with Gasteiger partial charge in [-0.1, -0.05) is 6.07 Å². The molecule has 0 saturated heterocycles. The Labute approximate surface area is 81.8 Å². The Morgan fingerprint density at radius 2 is 2.14 bits per heavy atom. The topological polar surface area (TPSA) is 73.6 Å². The standard InChI is InChI=1S/C9H12N2O3/c1-13-7-5-3-4-6(8(7)10)9(12)11-14-2/h3-5H,10H2,1-2H3,(H,11,12). The number of benzene rings is 1. The van der Waals surface area contributed by atoms with Crippen LogP contribution >= 0.6 is 0 Å². The summed E-state index contributed by atoms with van der Waals surface area (Å²) in [6.45, 7) is 0. The first-order chi connectivity index (χ1) is 6.70. The van der Waals surface area contributed by atoms with Crippen LogP contribution in [0.3, 0.4) is 0 Å². The quantitative estimate of drug-likeness (QED) is 0.547. The number of carbonyl (C=O) groups excluding carboxylic acids is 1. The Morgan fingerprint density at radius 3 is 2.71 bits per heavy atom. The maximum atomic E-state index is 11.4. The van der Waals surface area contributed by atoms with Crippen molar-refractivity contribution in [2.75, 3.05) is 20.0 Å². The lowest BCUT2D eigenvalue weighted by atomic mass is 10.1. The van der Waals surface area contributed by atoms with Gasteiger partial charge in [-0.3, -0.25) is 9.63 Å². The number of nitrogen functional groups attached to an aromatic ring is 1. The van der Waals surface area contributed by atoms with E-state index in [0.29, 0.717) is 17.0 Å². The molecular weight excluding hydrogens is 184 g/mol. The second-order valence-electron chi connectivity index (χ2n) is 2.56. The van der Waals surface area contributed by atoms with E-state index < -0.39 is 5.91 Å². The van der Waals surface area contributed by atoms with Gasteiger partial charge in [0.1, 0.15) is 5.75 Å². The third-order valence-electron chi connectivity index (χ3n) is 1.73. The molecule has 3 N–H and O–H groups in total. The average Bonchev–Trinajstić information content (AvgIpc) is 2.18. The van der Waals surface area contributed by atoms with Gasteiger partial charge in [-0.25, -0.2) is 5.48 Å². The van der Waals surface area contributed by atoms with Gasteiger partial charge in [0, 0.05) is 0 Å². The number of carbonyl (C=O) groups is 1. The Hall–Kier alpha value is -1.75. The molecule has 0 radical (unpaired) electrons. The largest absolute Gasteiger partial charge is 0.495 e. The van der Waals surface area contributed by atoms with Gasteiger partial charge in [0.05, 0.1) is 25.5 Å². The molecule has 0 saturated carbocycles. The molecule has 5 heteroatoms. The van der Waals surface area contributed by atoms with Crippen LogP contribution in [0, 0.1) is 0 Å². The van der Waals surface area contributed by atoms with E-state index in [0.717, 1.165) is 0 Å². The van der Waals surface area contributed by atoms with Crippen molar-refractivity contribution in [2.24, 2.45) is 0 Å². The molecule has 0 spiro atoms. The molecule has 0 aliphatic rings. The second kappa shape index (κ2) is 4.48. The molecule has 1 aromatic carbocycles. The normalized spacial score (nSPS) is 9.57. The van der Waals surface area contributed by atoms with Gasteiger partial charge >= 0.3 is 0 Å². The molecule has 0 atom stereocenters. The van der Waals surface area contributed by atoms with Crippen LogP contribution in [0.15, 0.2) is 18.2 Å². The van der Waals surface area contributed by atoms with Crippen LogP contribution in [0.1, 0.15) is 10.4 Å². The van der Waals surface area contributed by atoms with Crippen molar-refractivity contribution < 1.29 is 14.4 Å². The highest BCUT2D eigenvalue weighted by molar-refractivity contribution is 5.99. The monoisotopic (exact) mass is 196 g/mol. The number of anilines is 1. The Bertz CT molecular complexity index is 339. The number of methoxy groups -OCH3 is 1. The van der Waals surface area contributed by atoms with Gasteiger partial charge in [0.25, 0.3) is 5.91 Å². The van der Waals surface area contributed by atoms with E-state index >= 15 is 0 Å². The first kappa shape index (κ1) is 10.3. The summed E-state index contributed by atoms with van der Waals surface area (Å²) in [6.07, 6.45) is 0. The van der Waals surface area contributed by atoms with Crippen LogP contribution in [0.25, 0.3) is 0 Å². The molecule has 1 amide bonds. The molecule has 5 nitrogen and oxygen atoms in total. The van der Waals surface area contributed by atoms with Crippen molar-refractivity contribution >= 4 is 11.6 Å². The smallest absolute Gasteiger partial charge is 0.277 e. The predicted molar refractivity (Wildman–Crippen MR) is 51.9 cm³/mol. The molecule has 76 valence electrons. The van der Waals surface area contributed by atoms with E-state index in [9.17, 15) is 4.79 Å². The average molecular weight is 196 g/mol. The molecule has 0 aliphatic heterocycles. The van der Waals surface area contributed by atoms with Crippen molar-refractivity contribution in [1.82, 2.24) is 5.48 Å². The molecule has 0 aromatic heterocycles. The summed E-state index contributed by atoms with van der Waals surface area (Å²) in [5.41, 5.74) is 8.48. The summed E-state index contributed by atoms with van der Waals surface area (Å²) in [7, 11) is 2.85. The van der Waals surface area contributed by atoms with E-state index in [-0.39, 0.29) is 0 Å². The van der Waals surface area contributed by atoms with Crippen molar-refractivity contribution in [3.63, 3.8) is 0 Å². The van der Waals surface area contributed by atoms with E-state index in [2.05, 4.69) is 10.3 Å². The van der Waals surface area contributed by atoms with Crippen molar-refractivity contribution in [1.29, 1.82) is 0 Å². The highest BCUT2D eigenvalue weighted by atomic mass is 16.6. The lowest BCUT2D eigenvalue weighted by molar-refractivity contribution is 0.0538. The fourth-order valence-electron chi connectivity index (χ4n) is 1.07. The van der Waals surface area contributed by atoms with Crippen LogP contribution < -0.4 is 16.0 Å². The molecule has 1 aromatic rings. The number of amides is 1. The number of hydrogen-bond donors (Lipinski definition) is 2. The summed E-state index contributed by atoms with van der Waals surface area (Å²) in [5.74, 6) is 0.0673. The molecule has 0 unspecified atom stereocenters. The molecule has 14 heavy (non-hydrogen) atoms. The minimum absolute atomic E-state index is 0.296. The van der Waals surface area contributed by atoms with Gasteiger partial charge in [-0.15, -0.1) is 0 Å². The zero-order valence-corrected chi connectivity index (χ0v) is 8.03. The van der Waals surface area contributed by atoms with E-state index in [1.54, 1.807) is 18.2 Å². The van der Waals surface area contributed by atoms with Crippen molar-refractivity contribution in [2.45, 2.75) is 0 Å². The van der Waals surface area contributed by atoms with Crippen molar-refractivity contribution in [3.8, 4) is 5.75 Å². The van der Waals surface area contributed by atoms with Gasteiger partial charge in [-0.2, -0.15) is 0 Å². The first-order valence-electron chi connectivity index (χ1n) is 3.96. The number of nitrogens with one attached hydrogen (secondary N) is 1. The lowest BCUT2D eigenvalue weighted by Crippen LogP contribution is -2.23. The highest BCUT2D eigenvalue weighted by Gasteiger charge is 2.11.